The van der Waals surface area contributed by atoms with Gasteiger partial charge in [0.1, 0.15) is 0 Å². The van der Waals surface area contributed by atoms with Gasteiger partial charge in [-0.3, -0.25) is 4.79 Å². The van der Waals surface area contributed by atoms with Gasteiger partial charge in [-0.15, -0.1) is 0 Å². The Kier molecular flexibility index (Phi) is 2.54. The van der Waals surface area contributed by atoms with Crippen molar-refractivity contribution in [3.05, 3.63) is 0 Å². The molecule has 0 aromatic heterocycles. The van der Waals surface area contributed by atoms with Crippen LogP contribution >= 0.6 is 0 Å². The van der Waals surface area contributed by atoms with Crippen LogP contribution in [0.1, 0.15) is 26.2 Å². The van der Waals surface area contributed by atoms with Crippen molar-refractivity contribution < 1.29 is 9.53 Å². The van der Waals surface area contributed by atoms with E-state index in [1.54, 1.807) is 0 Å². The smallest absolute Gasteiger partial charge is 0.222 e. The van der Waals surface area contributed by atoms with E-state index in [0.717, 1.165) is 32.5 Å². The van der Waals surface area contributed by atoms with Crippen LogP contribution in [0.5, 0.6) is 0 Å². The maximum atomic E-state index is 11.5. The molecule has 2 aliphatic rings. The van der Waals surface area contributed by atoms with Crippen LogP contribution in [0.4, 0.5) is 0 Å². The highest BCUT2D eigenvalue weighted by Gasteiger charge is 2.38. The summed E-state index contributed by atoms with van der Waals surface area (Å²) in [6, 6.07) is 0. The Bertz CT molecular complexity index is 201. The molecule has 1 amide bonds. The molecule has 0 aromatic carbocycles. The van der Waals surface area contributed by atoms with Crippen molar-refractivity contribution in [3.8, 4) is 0 Å². The summed E-state index contributed by atoms with van der Waals surface area (Å²) in [5.41, 5.74) is 0. The van der Waals surface area contributed by atoms with E-state index in [1.165, 1.54) is 0 Å². The van der Waals surface area contributed by atoms with Gasteiger partial charge in [-0.05, 0) is 12.8 Å². The lowest BCUT2D eigenvalue weighted by molar-refractivity contribution is -0.130. The molecule has 2 fully saturated rings. The van der Waals surface area contributed by atoms with E-state index in [0.29, 0.717) is 24.3 Å². The molecule has 2 atom stereocenters. The highest BCUT2D eigenvalue weighted by Crippen LogP contribution is 2.29. The second kappa shape index (κ2) is 3.66. The first-order valence-corrected chi connectivity index (χ1v) is 5.20. The van der Waals surface area contributed by atoms with Crippen molar-refractivity contribution in [1.29, 1.82) is 0 Å². The molecule has 2 heterocycles. The van der Waals surface area contributed by atoms with Gasteiger partial charge in [0.15, 0.2) is 0 Å². The van der Waals surface area contributed by atoms with Gasteiger partial charge in [0.2, 0.25) is 5.91 Å². The zero-order valence-electron chi connectivity index (χ0n) is 8.16. The van der Waals surface area contributed by atoms with Gasteiger partial charge < -0.3 is 9.64 Å². The Balaban J connectivity index is 1.79. The van der Waals surface area contributed by atoms with Crippen molar-refractivity contribution >= 4 is 5.91 Å². The predicted molar refractivity (Wildman–Crippen MR) is 49.3 cm³/mol. The summed E-state index contributed by atoms with van der Waals surface area (Å²) in [6.45, 7) is 4.85. The summed E-state index contributed by atoms with van der Waals surface area (Å²) in [5, 5.41) is 0. The number of carbonyl (C=O) groups excluding carboxylic acids is 1. The van der Waals surface area contributed by atoms with Crippen LogP contribution in [0.2, 0.25) is 0 Å². The van der Waals surface area contributed by atoms with Crippen LogP contribution in [0.15, 0.2) is 0 Å². The summed E-state index contributed by atoms with van der Waals surface area (Å²) in [5.74, 6) is 0.950. The van der Waals surface area contributed by atoms with Gasteiger partial charge in [0.05, 0.1) is 12.7 Å². The molecule has 2 saturated heterocycles. The van der Waals surface area contributed by atoms with E-state index >= 15 is 0 Å². The lowest BCUT2D eigenvalue weighted by Crippen LogP contribution is -2.28. The number of amides is 1. The second-order valence-corrected chi connectivity index (χ2v) is 4.01. The van der Waals surface area contributed by atoms with Crippen LogP contribution in [0.25, 0.3) is 0 Å². The standard InChI is InChI=1S/C10H17NO2/c1-2-3-10(12)11-5-4-8(6-11)9-7-13-9/h8-9H,2-7H2,1H3. The van der Waals surface area contributed by atoms with Gasteiger partial charge in [-0.25, -0.2) is 0 Å². The highest BCUT2D eigenvalue weighted by molar-refractivity contribution is 5.76. The van der Waals surface area contributed by atoms with Gasteiger partial charge in [-0.1, -0.05) is 6.92 Å². The minimum Gasteiger partial charge on any atom is -0.373 e. The van der Waals surface area contributed by atoms with E-state index in [-0.39, 0.29) is 0 Å². The van der Waals surface area contributed by atoms with Crippen LogP contribution in [-0.4, -0.2) is 36.6 Å². The molecule has 0 bridgehead atoms. The van der Waals surface area contributed by atoms with Crippen molar-refractivity contribution in [3.63, 3.8) is 0 Å². The molecule has 2 unspecified atom stereocenters. The van der Waals surface area contributed by atoms with Gasteiger partial charge in [0, 0.05) is 25.4 Å². The Morgan fingerprint density at radius 2 is 2.38 bits per heavy atom. The van der Waals surface area contributed by atoms with Crippen molar-refractivity contribution in [1.82, 2.24) is 4.90 Å². The number of epoxide rings is 1. The monoisotopic (exact) mass is 183 g/mol. The zero-order chi connectivity index (χ0) is 9.26. The van der Waals surface area contributed by atoms with E-state index in [4.69, 9.17) is 4.74 Å². The molecule has 2 aliphatic heterocycles. The first kappa shape index (κ1) is 9.00. The lowest BCUT2D eigenvalue weighted by Gasteiger charge is -2.15. The van der Waals surface area contributed by atoms with Gasteiger partial charge in [-0.2, -0.15) is 0 Å². The highest BCUT2D eigenvalue weighted by atomic mass is 16.6. The largest absolute Gasteiger partial charge is 0.373 e. The second-order valence-electron chi connectivity index (χ2n) is 4.01. The van der Waals surface area contributed by atoms with Crippen molar-refractivity contribution in [2.75, 3.05) is 19.7 Å². The predicted octanol–water partition coefficient (Wildman–Crippen LogP) is 1.03. The number of hydrogen-bond donors (Lipinski definition) is 0. The summed E-state index contributed by atoms with van der Waals surface area (Å²) in [4.78, 5) is 13.5. The minimum absolute atomic E-state index is 0.325. The quantitative estimate of drug-likeness (QED) is 0.612. The molecular formula is C10H17NO2. The molecule has 3 heteroatoms. The zero-order valence-corrected chi connectivity index (χ0v) is 8.16. The van der Waals surface area contributed by atoms with E-state index < -0.39 is 0 Å². The number of carbonyl (C=O) groups is 1. The molecular weight excluding hydrogens is 166 g/mol. The number of ether oxygens (including phenoxy) is 1. The van der Waals surface area contributed by atoms with Crippen molar-refractivity contribution in [2.45, 2.75) is 32.3 Å². The van der Waals surface area contributed by atoms with Crippen LogP contribution < -0.4 is 0 Å². The first-order valence-electron chi connectivity index (χ1n) is 5.20. The molecule has 13 heavy (non-hydrogen) atoms. The minimum atomic E-state index is 0.325. The lowest BCUT2D eigenvalue weighted by atomic mass is 10.1. The Morgan fingerprint density at radius 3 is 3.00 bits per heavy atom. The first-order chi connectivity index (χ1) is 6.31. The fraction of sp³-hybridized carbons (Fsp3) is 0.900. The Morgan fingerprint density at radius 1 is 1.62 bits per heavy atom. The van der Waals surface area contributed by atoms with E-state index in [1.807, 2.05) is 4.90 Å². The third kappa shape index (κ3) is 2.02. The summed E-state index contributed by atoms with van der Waals surface area (Å²) in [6.07, 6.45) is 3.28. The number of likely N-dealkylation sites (tertiary alicyclic amines) is 1. The fourth-order valence-electron chi connectivity index (χ4n) is 2.02. The topological polar surface area (TPSA) is 32.8 Å². The molecule has 3 nitrogen and oxygen atoms in total. The van der Waals surface area contributed by atoms with E-state index in [2.05, 4.69) is 6.92 Å². The number of rotatable bonds is 3. The molecule has 0 radical (unpaired) electrons. The summed E-state index contributed by atoms with van der Waals surface area (Å²) >= 11 is 0. The normalized spacial score (nSPS) is 32.2. The SMILES string of the molecule is CCCC(=O)N1CCC(C2CO2)C1. The third-order valence-corrected chi connectivity index (χ3v) is 2.93. The molecule has 0 aromatic rings. The average Bonchev–Trinajstić information content (AvgIpc) is 2.84. The molecule has 0 spiro atoms. The van der Waals surface area contributed by atoms with Crippen LogP contribution in [-0.2, 0) is 9.53 Å². The summed E-state index contributed by atoms with van der Waals surface area (Å²) < 4.78 is 5.24. The molecule has 2 rings (SSSR count). The molecule has 0 aliphatic carbocycles. The fourth-order valence-corrected chi connectivity index (χ4v) is 2.02. The van der Waals surface area contributed by atoms with E-state index in [9.17, 15) is 4.79 Å². The van der Waals surface area contributed by atoms with Gasteiger partial charge in [0.25, 0.3) is 0 Å². The maximum Gasteiger partial charge on any atom is 0.222 e. The number of hydrogen-bond acceptors (Lipinski definition) is 2. The summed E-state index contributed by atoms with van der Waals surface area (Å²) in [7, 11) is 0. The average molecular weight is 183 g/mol. The molecule has 0 saturated carbocycles. The third-order valence-electron chi connectivity index (χ3n) is 2.93. The maximum absolute atomic E-state index is 11.5. The van der Waals surface area contributed by atoms with Gasteiger partial charge >= 0.3 is 0 Å². The van der Waals surface area contributed by atoms with Crippen molar-refractivity contribution in [2.24, 2.45) is 5.92 Å². The molecule has 0 N–H and O–H groups in total. The van der Waals surface area contributed by atoms with Crippen LogP contribution in [0.3, 0.4) is 0 Å². The molecule has 74 valence electrons. The number of nitrogens with zero attached hydrogens (tertiary/aromatic N) is 1. The van der Waals surface area contributed by atoms with Crippen LogP contribution in [0, 0.1) is 5.92 Å². The Labute approximate surface area is 79.0 Å². The Hall–Kier alpha value is -0.570.